The minimum absolute atomic E-state index is 0.213. The molecule has 5 heteroatoms. The summed E-state index contributed by atoms with van der Waals surface area (Å²) in [5, 5.41) is 3.99. The first-order valence-corrected chi connectivity index (χ1v) is 7.25. The average molecular weight is 324 g/mol. The van der Waals surface area contributed by atoms with Crippen molar-refractivity contribution in [3.05, 3.63) is 64.1 Å². The lowest BCUT2D eigenvalue weighted by molar-refractivity contribution is -0.127. The maximum Gasteiger partial charge on any atom is 0.261 e. The van der Waals surface area contributed by atoms with E-state index in [0.29, 0.717) is 22.3 Å². The zero-order valence-corrected chi connectivity index (χ0v) is 13.0. The second kappa shape index (κ2) is 7.34. The Morgan fingerprint density at radius 3 is 2.67 bits per heavy atom. The van der Waals surface area contributed by atoms with Crippen LogP contribution in [-0.2, 0) is 11.3 Å². The highest BCUT2D eigenvalue weighted by Crippen LogP contribution is 2.18. The number of nitrogens with one attached hydrogen (secondary N) is 1. The molecular formula is C16H15Cl2NO2. The molecule has 2 aromatic carbocycles. The molecule has 0 saturated carbocycles. The maximum atomic E-state index is 12.0. The molecular weight excluding hydrogens is 309 g/mol. The van der Waals surface area contributed by atoms with Crippen molar-refractivity contribution < 1.29 is 9.53 Å². The molecule has 0 radical (unpaired) electrons. The number of benzene rings is 2. The van der Waals surface area contributed by atoms with Gasteiger partial charge in [0.2, 0.25) is 0 Å². The van der Waals surface area contributed by atoms with E-state index < -0.39 is 6.10 Å². The molecule has 3 nitrogen and oxygen atoms in total. The van der Waals surface area contributed by atoms with Crippen molar-refractivity contribution in [3.63, 3.8) is 0 Å². The van der Waals surface area contributed by atoms with Gasteiger partial charge >= 0.3 is 0 Å². The van der Waals surface area contributed by atoms with Gasteiger partial charge in [0, 0.05) is 16.6 Å². The largest absolute Gasteiger partial charge is 0.481 e. The second-order valence-corrected chi connectivity index (χ2v) is 5.37. The monoisotopic (exact) mass is 323 g/mol. The summed E-state index contributed by atoms with van der Waals surface area (Å²) in [5.41, 5.74) is 0.863. The predicted molar refractivity (Wildman–Crippen MR) is 84.8 cm³/mol. The van der Waals surface area contributed by atoms with Crippen LogP contribution in [0.1, 0.15) is 12.5 Å². The number of ether oxygens (including phenoxy) is 1. The molecule has 110 valence electrons. The number of hydrogen-bond donors (Lipinski definition) is 1. The first kappa shape index (κ1) is 15.7. The predicted octanol–water partition coefficient (Wildman–Crippen LogP) is 4.08. The van der Waals surface area contributed by atoms with E-state index in [2.05, 4.69) is 5.32 Å². The Balaban J connectivity index is 1.90. The van der Waals surface area contributed by atoms with Crippen LogP contribution in [0, 0.1) is 0 Å². The van der Waals surface area contributed by atoms with Gasteiger partial charge in [-0.1, -0.05) is 47.5 Å². The fraction of sp³-hybridized carbons (Fsp3) is 0.188. The Hall–Kier alpha value is -1.71. The molecule has 0 heterocycles. The molecule has 0 saturated heterocycles. The van der Waals surface area contributed by atoms with Crippen LogP contribution in [0.2, 0.25) is 10.0 Å². The van der Waals surface area contributed by atoms with Gasteiger partial charge in [-0.25, -0.2) is 0 Å². The Morgan fingerprint density at radius 1 is 1.19 bits per heavy atom. The van der Waals surface area contributed by atoms with Crippen LogP contribution in [0.3, 0.4) is 0 Å². The highest BCUT2D eigenvalue weighted by atomic mass is 35.5. The average Bonchev–Trinajstić information content (AvgIpc) is 2.46. The molecule has 0 bridgehead atoms. The van der Waals surface area contributed by atoms with Gasteiger partial charge in [-0.2, -0.15) is 0 Å². The van der Waals surface area contributed by atoms with Crippen LogP contribution in [0.15, 0.2) is 48.5 Å². The fourth-order valence-corrected chi connectivity index (χ4v) is 2.15. The molecule has 2 rings (SSSR count). The second-order valence-electron chi connectivity index (χ2n) is 4.53. The van der Waals surface area contributed by atoms with E-state index in [9.17, 15) is 4.79 Å². The van der Waals surface area contributed by atoms with Crippen molar-refractivity contribution in [2.45, 2.75) is 19.6 Å². The topological polar surface area (TPSA) is 38.3 Å². The minimum Gasteiger partial charge on any atom is -0.481 e. The van der Waals surface area contributed by atoms with Gasteiger partial charge < -0.3 is 10.1 Å². The molecule has 21 heavy (non-hydrogen) atoms. The van der Waals surface area contributed by atoms with Crippen molar-refractivity contribution in [2.24, 2.45) is 0 Å². The molecule has 0 spiro atoms. The van der Waals surface area contributed by atoms with E-state index in [1.54, 1.807) is 37.3 Å². The molecule has 1 atom stereocenters. The zero-order chi connectivity index (χ0) is 15.2. The summed E-state index contributed by atoms with van der Waals surface area (Å²) in [6.45, 7) is 2.05. The van der Waals surface area contributed by atoms with Crippen molar-refractivity contribution in [2.75, 3.05) is 0 Å². The SMILES string of the molecule is CC(Oc1cccc(Cl)c1)C(=O)NCc1ccccc1Cl. The molecule has 0 aliphatic carbocycles. The Kier molecular flexibility index (Phi) is 5.48. The summed E-state index contributed by atoms with van der Waals surface area (Å²) in [6.07, 6.45) is -0.619. The van der Waals surface area contributed by atoms with E-state index in [-0.39, 0.29) is 5.91 Å². The lowest BCUT2D eigenvalue weighted by atomic mass is 10.2. The van der Waals surface area contributed by atoms with Gasteiger partial charge in [-0.15, -0.1) is 0 Å². The third kappa shape index (κ3) is 4.66. The highest BCUT2D eigenvalue weighted by Gasteiger charge is 2.14. The smallest absolute Gasteiger partial charge is 0.261 e. The van der Waals surface area contributed by atoms with E-state index in [1.165, 1.54) is 0 Å². The lowest BCUT2D eigenvalue weighted by Gasteiger charge is -2.15. The van der Waals surface area contributed by atoms with Gasteiger partial charge in [0.25, 0.3) is 5.91 Å². The van der Waals surface area contributed by atoms with Crippen LogP contribution in [-0.4, -0.2) is 12.0 Å². The summed E-state index contributed by atoms with van der Waals surface area (Å²) in [5.74, 6) is 0.345. The standard InChI is InChI=1S/C16H15Cl2NO2/c1-11(21-14-7-4-6-13(17)9-14)16(20)19-10-12-5-2-3-8-15(12)18/h2-9,11H,10H2,1H3,(H,19,20). The summed E-state index contributed by atoms with van der Waals surface area (Å²) < 4.78 is 5.55. The molecule has 1 N–H and O–H groups in total. The zero-order valence-electron chi connectivity index (χ0n) is 11.5. The highest BCUT2D eigenvalue weighted by molar-refractivity contribution is 6.31. The Morgan fingerprint density at radius 2 is 1.95 bits per heavy atom. The van der Waals surface area contributed by atoms with Crippen LogP contribution in [0.25, 0.3) is 0 Å². The first-order chi connectivity index (χ1) is 10.1. The first-order valence-electron chi connectivity index (χ1n) is 6.49. The molecule has 1 amide bonds. The van der Waals surface area contributed by atoms with E-state index >= 15 is 0 Å². The van der Waals surface area contributed by atoms with E-state index in [4.69, 9.17) is 27.9 Å². The van der Waals surface area contributed by atoms with Gasteiger partial charge in [0.1, 0.15) is 5.75 Å². The summed E-state index contributed by atoms with van der Waals surface area (Å²) >= 11 is 11.9. The quantitative estimate of drug-likeness (QED) is 0.900. The van der Waals surface area contributed by atoms with Crippen molar-refractivity contribution >= 4 is 29.1 Å². The normalized spacial score (nSPS) is 11.8. The Bertz CT molecular complexity index is 631. The molecule has 0 aromatic heterocycles. The van der Waals surface area contributed by atoms with Crippen LogP contribution in [0.4, 0.5) is 0 Å². The molecule has 0 aliphatic heterocycles. The summed E-state index contributed by atoms with van der Waals surface area (Å²) in [7, 11) is 0. The molecule has 2 aromatic rings. The number of hydrogen-bond acceptors (Lipinski definition) is 2. The van der Waals surface area contributed by atoms with Gasteiger partial charge in [0.05, 0.1) is 0 Å². The fourth-order valence-electron chi connectivity index (χ4n) is 1.77. The van der Waals surface area contributed by atoms with Crippen LogP contribution < -0.4 is 10.1 Å². The number of carbonyl (C=O) groups is 1. The van der Waals surface area contributed by atoms with Gasteiger partial charge in [-0.3, -0.25) is 4.79 Å². The third-order valence-corrected chi connectivity index (χ3v) is 3.49. The number of amides is 1. The third-order valence-electron chi connectivity index (χ3n) is 2.89. The van der Waals surface area contributed by atoms with Gasteiger partial charge in [-0.05, 0) is 36.8 Å². The van der Waals surface area contributed by atoms with Crippen molar-refractivity contribution in [1.29, 1.82) is 0 Å². The van der Waals surface area contributed by atoms with E-state index in [0.717, 1.165) is 5.56 Å². The minimum atomic E-state index is -0.619. The van der Waals surface area contributed by atoms with Crippen LogP contribution in [0.5, 0.6) is 5.75 Å². The van der Waals surface area contributed by atoms with Gasteiger partial charge in [0.15, 0.2) is 6.10 Å². The van der Waals surface area contributed by atoms with E-state index in [1.807, 2.05) is 18.2 Å². The van der Waals surface area contributed by atoms with Crippen LogP contribution >= 0.6 is 23.2 Å². The Labute approximate surface area is 133 Å². The lowest BCUT2D eigenvalue weighted by Crippen LogP contribution is -2.35. The van der Waals surface area contributed by atoms with Crippen molar-refractivity contribution in [1.82, 2.24) is 5.32 Å². The van der Waals surface area contributed by atoms with Crippen molar-refractivity contribution in [3.8, 4) is 5.75 Å². The number of halogens is 2. The molecule has 0 fully saturated rings. The molecule has 1 unspecified atom stereocenters. The molecule has 0 aliphatic rings. The number of carbonyl (C=O) groups excluding carboxylic acids is 1. The maximum absolute atomic E-state index is 12.0. The summed E-state index contributed by atoms with van der Waals surface area (Å²) in [4.78, 5) is 12.0. The summed E-state index contributed by atoms with van der Waals surface area (Å²) in [6, 6.07) is 14.3. The number of rotatable bonds is 5.